The van der Waals surface area contributed by atoms with Gasteiger partial charge in [-0.1, -0.05) is 12.1 Å². The summed E-state index contributed by atoms with van der Waals surface area (Å²) in [6.45, 7) is 9.19. The molecule has 9 nitrogen and oxygen atoms in total. The quantitative estimate of drug-likeness (QED) is 0.149. The molecule has 0 unspecified atom stereocenters. The molecule has 11 heteroatoms. The Balaban J connectivity index is 0.00000480. The highest BCUT2D eigenvalue weighted by Crippen LogP contribution is 2.12. The summed E-state index contributed by atoms with van der Waals surface area (Å²) in [7, 11) is -2.02. The van der Waals surface area contributed by atoms with Crippen LogP contribution in [-0.2, 0) is 26.0 Å². The number of guanidine groups is 1. The molecule has 3 N–H and O–H groups in total. The molecular formula is C20H36IN5O4S. The van der Waals surface area contributed by atoms with Crippen molar-refractivity contribution in [3.63, 3.8) is 0 Å². The molecule has 31 heavy (non-hydrogen) atoms. The first kappa shape index (κ1) is 28.0. The molecule has 178 valence electrons. The maximum absolute atomic E-state index is 12.4. The number of nitrogens with zero attached hydrogens (tertiary/aromatic N) is 2. The van der Waals surface area contributed by atoms with Gasteiger partial charge in [0.2, 0.25) is 10.0 Å². The van der Waals surface area contributed by atoms with Crippen molar-refractivity contribution < 1.29 is 17.9 Å². The van der Waals surface area contributed by atoms with Crippen LogP contribution < -0.4 is 15.4 Å². The van der Waals surface area contributed by atoms with E-state index < -0.39 is 10.0 Å². The van der Waals surface area contributed by atoms with E-state index >= 15 is 0 Å². The minimum absolute atomic E-state index is 0. The summed E-state index contributed by atoms with van der Waals surface area (Å²) in [6, 6.07) is 6.84. The van der Waals surface area contributed by atoms with E-state index in [0.29, 0.717) is 13.2 Å². The number of hydrogen-bond acceptors (Lipinski definition) is 6. The van der Waals surface area contributed by atoms with Gasteiger partial charge in [-0.2, -0.15) is 0 Å². The summed E-state index contributed by atoms with van der Waals surface area (Å²) < 4.78 is 37.5. The Hall–Kier alpha value is -0.990. The molecule has 2 rings (SSSR count). The summed E-state index contributed by atoms with van der Waals surface area (Å²) in [5.41, 5.74) is 0.829. The number of nitrogens with one attached hydrogen (secondary N) is 3. The molecule has 1 aliphatic heterocycles. The normalized spacial score (nSPS) is 15.4. The van der Waals surface area contributed by atoms with E-state index in [2.05, 4.69) is 25.2 Å². The average Bonchev–Trinajstić information content (AvgIpc) is 2.76. The zero-order valence-corrected chi connectivity index (χ0v) is 21.6. The highest BCUT2D eigenvalue weighted by Gasteiger charge is 2.13. The lowest BCUT2D eigenvalue weighted by molar-refractivity contribution is 0.0376. The minimum Gasteiger partial charge on any atom is -0.383 e. The second-order valence-electron chi connectivity index (χ2n) is 6.97. The lowest BCUT2D eigenvalue weighted by Crippen LogP contribution is -2.40. The Morgan fingerprint density at radius 3 is 2.71 bits per heavy atom. The molecule has 1 aromatic carbocycles. The number of ether oxygens (including phenoxy) is 2. The van der Waals surface area contributed by atoms with Crippen molar-refractivity contribution >= 4 is 40.0 Å². The topological polar surface area (TPSA) is 104 Å². The fourth-order valence-corrected chi connectivity index (χ4v) is 4.10. The molecule has 1 aliphatic rings. The molecule has 0 aromatic heterocycles. The molecule has 0 amide bonds. The molecule has 0 aliphatic carbocycles. The van der Waals surface area contributed by atoms with E-state index in [1.165, 1.54) is 7.11 Å². The van der Waals surface area contributed by atoms with Crippen molar-refractivity contribution in [3.8, 4) is 0 Å². The van der Waals surface area contributed by atoms with Gasteiger partial charge in [0.15, 0.2) is 5.96 Å². The van der Waals surface area contributed by atoms with Gasteiger partial charge in [-0.3, -0.25) is 4.90 Å². The number of sulfonamides is 1. The lowest BCUT2D eigenvalue weighted by atomic mass is 10.2. The van der Waals surface area contributed by atoms with Crippen molar-refractivity contribution in [2.24, 2.45) is 4.99 Å². The van der Waals surface area contributed by atoms with E-state index in [-0.39, 0.29) is 35.4 Å². The molecule has 1 saturated heterocycles. The Labute approximate surface area is 203 Å². The van der Waals surface area contributed by atoms with Gasteiger partial charge in [0.05, 0.1) is 31.3 Å². The number of hydrogen-bond donors (Lipinski definition) is 3. The molecule has 0 saturated carbocycles. The Kier molecular flexibility index (Phi) is 14.3. The number of aliphatic imine (C=N–C) groups is 1. The molecule has 0 radical (unpaired) electrons. The van der Waals surface area contributed by atoms with Crippen molar-refractivity contribution in [2.45, 2.75) is 24.8 Å². The molecule has 1 fully saturated rings. The Morgan fingerprint density at radius 2 is 2.00 bits per heavy atom. The summed E-state index contributed by atoms with van der Waals surface area (Å²) in [5, 5.41) is 6.58. The summed E-state index contributed by atoms with van der Waals surface area (Å²) >= 11 is 0. The predicted octanol–water partition coefficient (Wildman–Crippen LogP) is 1.01. The van der Waals surface area contributed by atoms with Crippen LogP contribution in [0, 0.1) is 0 Å². The fraction of sp³-hybridized carbons (Fsp3) is 0.650. The van der Waals surface area contributed by atoms with Crippen molar-refractivity contribution in [1.82, 2.24) is 20.3 Å². The number of halogens is 1. The first-order valence-corrected chi connectivity index (χ1v) is 11.9. The third-order valence-electron chi connectivity index (χ3n) is 4.62. The first-order chi connectivity index (χ1) is 14.5. The fourth-order valence-electron chi connectivity index (χ4n) is 3.02. The number of methoxy groups -OCH3 is 1. The number of rotatable bonds is 12. The van der Waals surface area contributed by atoms with E-state index in [1.807, 2.05) is 13.0 Å². The third kappa shape index (κ3) is 10.9. The van der Waals surface area contributed by atoms with E-state index in [4.69, 9.17) is 9.47 Å². The number of morpholine rings is 1. The molecule has 0 bridgehead atoms. The molecule has 0 atom stereocenters. The van der Waals surface area contributed by atoms with Crippen molar-refractivity contribution in [1.29, 1.82) is 0 Å². The van der Waals surface area contributed by atoms with Crippen LogP contribution in [0.25, 0.3) is 0 Å². The van der Waals surface area contributed by atoms with Gasteiger partial charge in [-0.15, -0.1) is 24.0 Å². The van der Waals surface area contributed by atoms with Crippen LogP contribution in [0.2, 0.25) is 0 Å². The molecule has 1 aromatic rings. The van der Waals surface area contributed by atoms with Crippen molar-refractivity contribution in [2.75, 3.05) is 66.2 Å². The average molecular weight is 570 g/mol. The van der Waals surface area contributed by atoms with Crippen LogP contribution in [0.3, 0.4) is 0 Å². The maximum Gasteiger partial charge on any atom is 0.240 e. The second-order valence-corrected chi connectivity index (χ2v) is 8.73. The molecule has 1 heterocycles. The van der Waals surface area contributed by atoms with Gasteiger partial charge < -0.3 is 20.1 Å². The molecular weight excluding hydrogens is 533 g/mol. The van der Waals surface area contributed by atoms with Crippen LogP contribution in [0.5, 0.6) is 0 Å². The maximum atomic E-state index is 12.4. The van der Waals surface area contributed by atoms with Crippen LogP contribution in [-0.4, -0.2) is 85.5 Å². The van der Waals surface area contributed by atoms with Gasteiger partial charge in [0.25, 0.3) is 0 Å². The smallest absolute Gasteiger partial charge is 0.240 e. The lowest BCUT2D eigenvalue weighted by Gasteiger charge is -2.26. The SMILES string of the molecule is CCNC(=NCc1cccc(S(=O)(=O)NCCOC)c1)NCCCN1CCOCC1.I. The second kappa shape index (κ2) is 15.8. The minimum atomic E-state index is -3.56. The van der Waals surface area contributed by atoms with E-state index in [1.54, 1.807) is 18.2 Å². The van der Waals surface area contributed by atoms with E-state index in [9.17, 15) is 8.42 Å². The van der Waals surface area contributed by atoms with Gasteiger partial charge in [-0.05, 0) is 37.6 Å². The van der Waals surface area contributed by atoms with Crippen LogP contribution in [0.4, 0.5) is 0 Å². The largest absolute Gasteiger partial charge is 0.383 e. The summed E-state index contributed by atoms with van der Waals surface area (Å²) in [6.07, 6.45) is 1.02. The monoisotopic (exact) mass is 569 g/mol. The van der Waals surface area contributed by atoms with E-state index in [0.717, 1.165) is 63.9 Å². The number of benzene rings is 1. The third-order valence-corrected chi connectivity index (χ3v) is 6.08. The zero-order valence-electron chi connectivity index (χ0n) is 18.4. The Bertz CT molecular complexity index is 758. The molecule has 0 spiro atoms. The van der Waals surface area contributed by atoms with Crippen LogP contribution >= 0.6 is 24.0 Å². The predicted molar refractivity (Wildman–Crippen MR) is 134 cm³/mol. The van der Waals surface area contributed by atoms with Crippen molar-refractivity contribution in [3.05, 3.63) is 29.8 Å². The highest BCUT2D eigenvalue weighted by molar-refractivity contribution is 14.0. The Morgan fingerprint density at radius 1 is 1.23 bits per heavy atom. The van der Waals surface area contributed by atoms with Gasteiger partial charge in [0.1, 0.15) is 0 Å². The summed E-state index contributed by atoms with van der Waals surface area (Å²) in [4.78, 5) is 7.23. The standard InChI is InChI=1S/C20H35N5O4S.HI/c1-3-21-20(22-8-5-10-25-11-14-29-15-12-25)23-17-18-6-4-7-19(16-18)30(26,27)24-9-13-28-2;/h4,6-7,16,24H,3,5,8-15,17H2,1-2H3,(H2,21,22,23);1H. The highest BCUT2D eigenvalue weighted by atomic mass is 127. The van der Waals surface area contributed by atoms with Crippen LogP contribution in [0.1, 0.15) is 18.9 Å². The van der Waals surface area contributed by atoms with Gasteiger partial charge in [0, 0.05) is 39.8 Å². The van der Waals surface area contributed by atoms with Crippen LogP contribution in [0.15, 0.2) is 34.2 Å². The first-order valence-electron chi connectivity index (χ1n) is 10.4. The zero-order chi connectivity index (χ0) is 21.7. The van der Waals surface area contributed by atoms with Gasteiger partial charge >= 0.3 is 0 Å². The summed E-state index contributed by atoms with van der Waals surface area (Å²) in [5.74, 6) is 0.728. The van der Waals surface area contributed by atoms with Gasteiger partial charge in [-0.25, -0.2) is 18.1 Å².